The van der Waals surface area contributed by atoms with Crippen LogP contribution in [0.4, 0.5) is 0 Å². The Bertz CT molecular complexity index is 1060. The van der Waals surface area contributed by atoms with Crippen LogP contribution in [0.2, 0.25) is 0 Å². The Balaban J connectivity index is 1.49. The molecule has 29 heavy (non-hydrogen) atoms. The van der Waals surface area contributed by atoms with Crippen LogP contribution in [0.5, 0.6) is 0 Å². The van der Waals surface area contributed by atoms with Gasteiger partial charge in [0, 0.05) is 24.5 Å². The van der Waals surface area contributed by atoms with E-state index in [0.717, 1.165) is 27.4 Å². The molecule has 0 saturated heterocycles. The van der Waals surface area contributed by atoms with Crippen molar-refractivity contribution in [3.05, 3.63) is 78.2 Å². The summed E-state index contributed by atoms with van der Waals surface area (Å²) >= 11 is 1.65. The summed E-state index contributed by atoms with van der Waals surface area (Å²) in [5.41, 5.74) is 3.72. The molecule has 1 amide bonds. The maximum atomic E-state index is 12.5. The van der Waals surface area contributed by atoms with Crippen LogP contribution >= 0.6 is 11.3 Å². The van der Waals surface area contributed by atoms with Gasteiger partial charge in [-0.2, -0.15) is 5.10 Å². The van der Waals surface area contributed by atoms with Gasteiger partial charge in [0.15, 0.2) is 0 Å². The van der Waals surface area contributed by atoms with E-state index in [-0.39, 0.29) is 11.8 Å². The number of thiophene rings is 1. The molecular formula is C22H21N5OS. The van der Waals surface area contributed by atoms with Crippen LogP contribution in [-0.2, 0) is 11.3 Å². The van der Waals surface area contributed by atoms with E-state index < -0.39 is 0 Å². The SMILES string of the molecule is CC(C(=O)NCCn1ncc(-c2cnccn2)c1-c1cccs1)c1ccccc1. The van der Waals surface area contributed by atoms with Crippen molar-refractivity contribution < 1.29 is 4.79 Å². The highest BCUT2D eigenvalue weighted by Gasteiger charge is 2.18. The van der Waals surface area contributed by atoms with Crippen molar-refractivity contribution in [2.45, 2.75) is 19.4 Å². The Hall–Kier alpha value is -3.32. The van der Waals surface area contributed by atoms with Gasteiger partial charge in [-0.15, -0.1) is 11.3 Å². The lowest BCUT2D eigenvalue weighted by molar-refractivity contribution is -0.122. The maximum Gasteiger partial charge on any atom is 0.227 e. The van der Waals surface area contributed by atoms with Crippen LogP contribution < -0.4 is 5.32 Å². The monoisotopic (exact) mass is 403 g/mol. The lowest BCUT2D eigenvalue weighted by atomic mass is 10.0. The number of rotatable bonds is 7. The van der Waals surface area contributed by atoms with Crippen LogP contribution in [-0.4, -0.2) is 32.2 Å². The predicted molar refractivity (Wildman–Crippen MR) is 114 cm³/mol. The van der Waals surface area contributed by atoms with Gasteiger partial charge in [-0.25, -0.2) is 0 Å². The molecule has 0 fully saturated rings. The molecule has 3 aromatic heterocycles. The van der Waals surface area contributed by atoms with Gasteiger partial charge in [-0.05, 0) is 23.9 Å². The zero-order valence-electron chi connectivity index (χ0n) is 16.0. The third-order valence-corrected chi connectivity index (χ3v) is 5.63. The predicted octanol–water partition coefficient (Wildman–Crippen LogP) is 3.99. The standard InChI is InChI=1S/C22H21N5OS/c1-16(17-6-3-2-4-7-17)22(28)25-11-12-27-21(20-8-5-13-29-20)18(14-26-27)19-15-23-9-10-24-19/h2-10,13-16H,11-12H2,1H3,(H,25,28). The molecule has 0 saturated carbocycles. The molecule has 1 N–H and O–H groups in total. The van der Waals surface area contributed by atoms with E-state index in [4.69, 9.17) is 0 Å². The first-order valence-electron chi connectivity index (χ1n) is 9.43. The van der Waals surface area contributed by atoms with Gasteiger partial charge in [0.2, 0.25) is 5.91 Å². The molecule has 0 spiro atoms. The summed E-state index contributed by atoms with van der Waals surface area (Å²) in [4.78, 5) is 22.2. The number of hydrogen-bond donors (Lipinski definition) is 1. The van der Waals surface area contributed by atoms with Crippen molar-refractivity contribution in [1.29, 1.82) is 0 Å². The molecule has 3 heterocycles. The van der Waals surface area contributed by atoms with E-state index in [1.165, 1.54) is 0 Å². The van der Waals surface area contributed by atoms with Crippen molar-refractivity contribution in [1.82, 2.24) is 25.1 Å². The highest BCUT2D eigenvalue weighted by Crippen LogP contribution is 2.33. The summed E-state index contributed by atoms with van der Waals surface area (Å²) < 4.78 is 1.92. The average Bonchev–Trinajstić information content (AvgIpc) is 3.44. The van der Waals surface area contributed by atoms with Crippen LogP contribution in [0.3, 0.4) is 0 Å². The Kier molecular flexibility index (Phi) is 5.76. The zero-order valence-corrected chi connectivity index (χ0v) is 16.8. The highest BCUT2D eigenvalue weighted by atomic mass is 32.1. The van der Waals surface area contributed by atoms with Gasteiger partial charge in [0.25, 0.3) is 0 Å². The Morgan fingerprint density at radius 1 is 1.14 bits per heavy atom. The quantitative estimate of drug-likeness (QED) is 0.506. The van der Waals surface area contributed by atoms with E-state index in [1.807, 2.05) is 59.6 Å². The molecule has 1 unspecified atom stereocenters. The van der Waals surface area contributed by atoms with Gasteiger partial charge in [-0.1, -0.05) is 36.4 Å². The third-order valence-electron chi connectivity index (χ3n) is 4.75. The van der Waals surface area contributed by atoms with Crippen molar-refractivity contribution in [3.8, 4) is 21.8 Å². The zero-order chi connectivity index (χ0) is 20.1. The summed E-state index contributed by atoms with van der Waals surface area (Å²) in [7, 11) is 0. The van der Waals surface area contributed by atoms with Crippen molar-refractivity contribution in [2.24, 2.45) is 0 Å². The number of carbonyl (C=O) groups excluding carboxylic acids is 1. The largest absolute Gasteiger partial charge is 0.354 e. The van der Waals surface area contributed by atoms with Crippen molar-refractivity contribution in [2.75, 3.05) is 6.54 Å². The Labute approximate surface area is 173 Å². The van der Waals surface area contributed by atoms with E-state index in [2.05, 4.69) is 26.4 Å². The van der Waals surface area contributed by atoms with Crippen LogP contribution in [0.25, 0.3) is 21.8 Å². The lowest BCUT2D eigenvalue weighted by Crippen LogP contribution is -2.31. The minimum atomic E-state index is -0.194. The number of hydrogen-bond acceptors (Lipinski definition) is 5. The minimum Gasteiger partial charge on any atom is -0.354 e. The Morgan fingerprint density at radius 2 is 2.00 bits per heavy atom. The lowest BCUT2D eigenvalue weighted by Gasteiger charge is -2.13. The number of amides is 1. The van der Waals surface area contributed by atoms with E-state index in [1.54, 1.807) is 29.9 Å². The molecule has 4 aromatic rings. The number of benzene rings is 1. The van der Waals surface area contributed by atoms with Gasteiger partial charge in [0.1, 0.15) is 0 Å². The summed E-state index contributed by atoms with van der Waals surface area (Å²) in [5, 5.41) is 9.62. The molecule has 1 atom stereocenters. The van der Waals surface area contributed by atoms with Gasteiger partial charge in [-0.3, -0.25) is 19.4 Å². The minimum absolute atomic E-state index is 0.00943. The summed E-state index contributed by atoms with van der Waals surface area (Å²) in [6.45, 7) is 2.98. The highest BCUT2D eigenvalue weighted by molar-refractivity contribution is 7.13. The number of carbonyl (C=O) groups is 1. The topological polar surface area (TPSA) is 72.7 Å². The van der Waals surface area contributed by atoms with Crippen molar-refractivity contribution >= 4 is 17.2 Å². The molecule has 146 valence electrons. The molecule has 0 aliphatic carbocycles. The van der Waals surface area contributed by atoms with Gasteiger partial charge in [0.05, 0.1) is 41.1 Å². The van der Waals surface area contributed by atoms with E-state index in [0.29, 0.717) is 13.1 Å². The third kappa shape index (κ3) is 4.25. The molecule has 1 aromatic carbocycles. The molecule has 0 bridgehead atoms. The maximum absolute atomic E-state index is 12.5. The van der Waals surface area contributed by atoms with Gasteiger partial charge >= 0.3 is 0 Å². The second kappa shape index (κ2) is 8.79. The second-order valence-corrected chi connectivity index (χ2v) is 7.57. The average molecular weight is 404 g/mol. The number of nitrogens with zero attached hydrogens (tertiary/aromatic N) is 4. The second-order valence-electron chi connectivity index (χ2n) is 6.62. The fraction of sp³-hybridized carbons (Fsp3) is 0.182. The van der Waals surface area contributed by atoms with E-state index in [9.17, 15) is 4.79 Å². The molecule has 0 aliphatic heterocycles. The summed E-state index contributed by atoms with van der Waals surface area (Å²) in [5.74, 6) is -0.184. The molecule has 4 rings (SSSR count). The number of aromatic nitrogens is 4. The first-order valence-corrected chi connectivity index (χ1v) is 10.3. The number of nitrogens with one attached hydrogen (secondary N) is 1. The first kappa shape index (κ1) is 19.0. The normalized spacial score (nSPS) is 11.9. The van der Waals surface area contributed by atoms with Gasteiger partial charge < -0.3 is 5.32 Å². The van der Waals surface area contributed by atoms with E-state index >= 15 is 0 Å². The fourth-order valence-electron chi connectivity index (χ4n) is 3.18. The molecule has 0 radical (unpaired) electrons. The van der Waals surface area contributed by atoms with Crippen molar-refractivity contribution in [3.63, 3.8) is 0 Å². The Morgan fingerprint density at radius 3 is 2.72 bits per heavy atom. The molecule has 0 aliphatic rings. The smallest absolute Gasteiger partial charge is 0.227 e. The summed E-state index contributed by atoms with van der Waals surface area (Å²) in [6, 6.07) is 13.9. The fourth-order valence-corrected chi connectivity index (χ4v) is 3.97. The summed E-state index contributed by atoms with van der Waals surface area (Å²) in [6.07, 6.45) is 6.88. The molecular weight excluding hydrogens is 382 g/mol. The van der Waals surface area contributed by atoms with Crippen LogP contribution in [0.1, 0.15) is 18.4 Å². The van der Waals surface area contributed by atoms with Crippen LogP contribution in [0.15, 0.2) is 72.6 Å². The molecule has 6 nitrogen and oxygen atoms in total. The molecule has 7 heteroatoms. The first-order chi connectivity index (χ1) is 14.2. The van der Waals surface area contributed by atoms with Crippen LogP contribution in [0, 0.1) is 0 Å².